The van der Waals surface area contributed by atoms with E-state index in [-0.39, 0.29) is 12.3 Å². The smallest absolute Gasteiger partial charge is 0.233 e. The maximum absolute atomic E-state index is 12.7. The molecule has 4 rings (SSSR count). The Morgan fingerprint density at radius 3 is 2.43 bits per heavy atom. The van der Waals surface area contributed by atoms with Gasteiger partial charge in [0, 0.05) is 31.0 Å². The number of hydrogen-bond acceptors (Lipinski definition) is 7. The van der Waals surface area contributed by atoms with Crippen molar-refractivity contribution in [2.75, 3.05) is 30.0 Å². The molecular formula is C22H25N7O. The molecule has 30 heavy (non-hydrogen) atoms. The fraction of sp³-hybridized carbons (Fsp3) is 0.273. The van der Waals surface area contributed by atoms with E-state index in [2.05, 4.69) is 49.4 Å². The maximum atomic E-state index is 12.7. The van der Waals surface area contributed by atoms with Crippen LogP contribution in [0.2, 0.25) is 0 Å². The van der Waals surface area contributed by atoms with Crippen molar-refractivity contribution in [1.82, 2.24) is 19.9 Å². The van der Waals surface area contributed by atoms with Gasteiger partial charge in [-0.05, 0) is 42.9 Å². The minimum Gasteiger partial charge on any atom is -0.383 e. The summed E-state index contributed by atoms with van der Waals surface area (Å²) >= 11 is 0. The molecule has 1 aliphatic heterocycles. The van der Waals surface area contributed by atoms with Gasteiger partial charge in [-0.25, -0.2) is 0 Å². The molecule has 2 aromatic heterocycles. The number of carbonyl (C=O) groups excluding carboxylic acids is 1. The molecule has 3 N–H and O–H groups in total. The summed E-state index contributed by atoms with van der Waals surface area (Å²) < 4.78 is 0. The normalized spacial score (nSPS) is 13.0. The number of aromatic nitrogens is 3. The Morgan fingerprint density at radius 1 is 1.03 bits per heavy atom. The van der Waals surface area contributed by atoms with Gasteiger partial charge >= 0.3 is 0 Å². The molecule has 0 saturated heterocycles. The van der Waals surface area contributed by atoms with Crippen LogP contribution in [0.25, 0.3) is 0 Å². The number of nitrogens with one attached hydrogen (secondary N) is 1. The number of hydrogen-bond donors (Lipinski definition) is 2. The van der Waals surface area contributed by atoms with Crippen molar-refractivity contribution < 1.29 is 4.79 Å². The van der Waals surface area contributed by atoms with Crippen LogP contribution in [0, 0.1) is 0 Å². The number of anilines is 3. The van der Waals surface area contributed by atoms with E-state index >= 15 is 0 Å². The van der Waals surface area contributed by atoms with E-state index in [0.29, 0.717) is 36.2 Å². The van der Waals surface area contributed by atoms with E-state index < -0.39 is 0 Å². The van der Waals surface area contributed by atoms with E-state index in [1.54, 1.807) is 17.3 Å². The zero-order valence-corrected chi connectivity index (χ0v) is 17.2. The molecule has 0 bridgehead atoms. The Morgan fingerprint density at radius 2 is 1.73 bits per heavy atom. The fourth-order valence-electron chi connectivity index (χ4n) is 3.47. The molecule has 0 fully saturated rings. The average molecular weight is 403 g/mol. The van der Waals surface area contributed by atoms with E-state index in [9.17, 15) is 4.79 Å². The largest absolute Gasteiger partial charge is 0.383 e. The number of pyridine rings is 1. The van der Waals surface area contributed by atoms with Crippen LogP contribution in [0.4, 0.5) is 17.6 Å². The Balaban J connectivity index is 1.52. The fourth-order valence-corrected chi connectivity index (χ4v) is 3.47. The van der Waals surface area contributed by atoms with Gasteiger partial charge < -0.3 is 16.0 Å². The van der Waals surface area contributed by atoms with Crippen LogP contribution in [0.15, 0.2) is 48.8 Å². The molecule has 8 heteroatoms. The average Bonchev–Trinajstić information content (AvgIpc) is 3.04. The van der Waals surface area contributed by atoms with Gasteiger partial charge in [0.2, 0.25) is 11.9 Å². The molecule has 3 aromatic rings. The van der Waals surface area contributed by atoms with Gasteiger partial charge in [0.1, 0.15) is 11.6 Å². The standard InChI is InChI=1S/C22H25N7O/c1-28(2)13-16-3-5-17(6-4-16)14-29-19(30)11-18-20(23)26-22(27-21(18)29)25-12-15-7-9-24-10-8-15/h3-10H,11-14H2,1-2H3,(H3,23,25,26,27). The number of benzene rings is 1. The van der Waals surface area contributed by atoms with Crippen molar-refractivity contribution in [1.29, 1.82) is 0 Å². The number of fused-ring (bicyclic) bond motifs is 1. The first kappa shape index (κ1) is 19.8. The molecule has 8 nitrogen and oxygen atoms in total. The molecule has 1 amide bonds. The number of nitrogens with zero attached hydrogens (tertiary/aromatic N) is 5. The molecule has 3 heterocycles. The summed E-state index contributed by atoms with van der Waals surface area (Å²) in [5.74, 6) is 1.32. The van der Waals surface area contributed by atoms with Crippen molar-refractivity contribution in [2.45, 2.75) is 26.1 Å². The lowest BCUT2D eigenvalue weighted by molar-refractivity contribution is -0.117. The van der Waals surface area contributed by atoms with E-state index in [1.165, 1.54) is 5.56 Å². The van der Waals surface area contributed by atoms with E-state index in [0.717, 1.165) is 17.7 Å². The number of amides is 1. The topological polar surface area (TPSA) is 100 Å². The second-order valence-corrected chi connectivity index (χ2v) is 7.65. The summed E-state index contributed by atoms with van der Waals surface area (Å²) in [6.07, 6.45) is 3.70. The molecule has 0 spiro atoms. The van der Waals surface area contributed by atoms with Crippen LogP contribution < -0.4 is 16.0 Å². The van der Waals surface area contributed by atoms with Crippen LogP contribution in [-0.2, 0) is 30.8 Å². The second kappa shape index (κ2) is 8.46. The van der Waals surface area contributed by atoms with E-state index in [1.807, 2.05) is 26.2 Å². The Kier molecular flexibility index (Phi) is 5.58. The van der Waals surface area contributed by atoms with Gasteiger partial charge in [0.05, 0.1) is 13.0 Å². The summed E-state index contributed by atoms with van der Waals surface area (Å²) in [5, 5.41) is 3.18. The zero-order valence-electron chi connectivity index (χ0n) is 17.2. The minimum atomic E-state index is -0.0188. The highest BCUT2D eigenvalue weighted by molar-refractivity contribution is 6.01. The third-order valence-electron chi connectivity index (χ3n) is 4.96. The van der Waals surface area contributed by atoms with Gasteiger partial charge in [-0.15, -0.1) is 0 Å². The monoisotopic (exact) mass is 403 g/mol. The first-order valence-corrected chi connectivity index (χ1v) is 9.81. The highest BCUT2D eigenvalue weighted by Gasteiger charge is 2.32. The molecule has 0 aliphatic carbocycles. The SMILES string of the molecule is CN(C)Cc1ccc(CN2C(=O)Cc3c(N)nc(NCc4ccncc4)nc32)cc1. The van der Waals surface area contributed by atoms with Gasteiger partial charge in [-0.1, -0.05) is 24.3 Å². The van der Waals surface area contributed by atoms with Crippen LogP contribution in [-0.4, -0.2) is 39.9 Å². The predicted molar refractivity (Wildman–Crippen MR) is 117 cm³/mol. The number of nitrogens with two attached hydrogens (primary N) is 1. The molecule has 154 valence electrons. The molecule has 0 atom stereocenters. The Bertz CT molecular complexity index is 1040. The van der Waals surface area contributed by atoms with Gasteiger partial charge in [-0.2, -0.15) is 9.97 Å². The van der Waals surface area contributed by atoms with Gasteiger partial charge in [-0.3, -0.25) is 14.7 Å². The van der Waals surface area contributed by atoms with E-state index in [4.69, 9.17) is 5.73 Å². The highest BCUT2D eigenvalue weighted by atomic mass is 16.2. The minimum absolute atomic E-state index is 0.0188. The Labute approximate surface area is 175 Å². The van der Waals surface area contributed by atoms with Crippen molar-refractivity contribution in [2.24, 2.45) is 0 Å². The quantitative estimate of drug-likeness (QED) is 0.624. The van der Waals surface area contributed by atoms with Crippen LogP contribution in [0.5, 0.6) is 0 Å². The van der Waals surface area contributed by atoms with Crippen molar-refractivity contribution in [3.8, 4) is 0 Å². The number of nitrogen functional groups attached to an aromatic ring is 1. The molecule has 0 unspecified atom stereocenters. The third kappa shape index (κ3) is 4.38. The summed E-state index contributed by atoms with van der Waals surface area (Å²) in [7, 11) is 4.08. The van der Waals surface area contributed by atoms with Crippen LogP contribution >= 0.6 is 0 Å². The van der Waals surface area contributed by atoms with Gasteiger partial charge in [0.15, 0.2) is 0 Å². The molecule has 1 aromatic carbocycles. The summed E-state index contributed by atoms with van der Waals surface area (Å²) in [6, 6.07) is 12.1. The lowest BCUT2D eigenvalue weighted by Gasteiger charge is -2.18. The number of carbonyl (C=O) groups is 1. The van der Waals surface area contributed by atoms with Crippen molar-refractivity contribution in [3.05, 3.63) is 71.0 Å². The predicted octanol–water partition coefficient (Wildman–Crippen LogP) is 2.22. The molecule has 0 saturated carbocycles. The molecular weight excluding hydrogens is 378 g/mol. The number of rotatable bonds is 7. The summed E-state index contributed by atoms with van der Waals surface area (Å²) in [6.45, 7) is 1.87. The lowest BCUT2D eigenvalue weighted by atomic mass is 10.1. The molecule has 0 radical (unpaired) electrons. The lowest BCUT2D eigenvalue weighted by Crippen LogP contribution is -2.26. The first-order valence-electron chi connectivity index (χ1n) is 9.81. The van der Waals surface area contributed by atoms with Crippen LogP contribution in [0.1, 0.15) is 22.3 Å². The first-order chi connectivity index (χ1) is 14.5. The zero-order chi connectivity index (χ0) is 21.1. The third-order valence-corrected chi connectivity index (χ3v) is 4.96. The second-order valence-electron chi connectivity index (χ2n) is 7.65. The van der Waals surface area contributed by atoms with Gasteiger partial charge in [0.25, 0.3) is 0 Å². The molecule has 1 aliphatic rings. The summed E-state index contributed by atoms with van der Waals surface area (Å²) in [5.41, 5.74) is 10.2. The Hall–Kier alpha value is -3.52. The van der Waals surface area contributed by atoms with Crippen LogP contribution in [0.3, 0.4) is 0 Å². The summed E-state index contributed by atoms with van der Waals surface area (Å²) in [4.78, 5) is 29.4. The van der Waals surface area contributed by atoms with Crippen molar-refractivity contribution in [3.63, 3.8) is 0 Å². The van der Waals surface area contributed by atoms with Crippen molar-refractivity contribution >= 4 is 23.5 Å². The maximum Gasteiger partial charge on any atom is 0.233 e. The highest BCUT2D eigenvalue weighted by Crippen LogP contribution is 2.32.